The van der Waals surface area contributed by atoms with E-state index >= 15 is 0 Å². The molecule has 4 aromatic rings. The van der Waals surface area contributed by atoms with E-state index in [-0.39, 0.29) is 5.82 Å². The quantitative estimate of drug-likeness (QED) is 0.318. The van der Waals surface area contributed by atoms with Crippen LogP contribution in [0.3, 0.4) is 0 Å². The number of hydrogen-bond acceptors (Lipinski definition) is 10. The summed E-state index contributed by atoms with van der Waals surface area (Å²) in [4.78, 5) is 8.20. The number of hydrogen-bond donors (Lipinski definition) is 3. The average molecular weight is 538 g/mol. The third-order valence-electron chi connectivity index (χ3n) is 6.93. The number of nitrogens with zero attached hydrogens (tertiary/aromatic N) is 3. The third kappa shape index (κ3) is 4.42. The molecule has 12 heteroatoms. The van der Waals surface area contributed by atoms with Crippen LogP contribution in [-0.4, -0.2) is 42.7 Å². The maximum absolute atomic E-state index is 14.0. The average Bonchev–Trinajstić information content (AvgIpc) is 3.44. The number of anilines is 1. The fourth-order valence-corrected chi connectivity index (χ4v) is 6.50. The van der Waals surface area contributed by atoms with Gasteiger partial charge in [-0.25, -0.2) is 14.5 Å². The summed E-state index contributed by atoms with van der Waals surface area (Å²) < 4.78 is 39.0. The Kier molecular flexibility index (Phi) is 6.32. The van der Waals surface area contributed by atoms with Gasteiger partial charge in [-0.15, -0.1) is 0 Å². The maximum atomic E-state index is 14.0. The largest absolute Gasteiger partial charge is 0.478 e. The summed E-state index contributed by atoms with van der Waals surface area (Å²) in [5.41, 5.74) is 6.07. The van der Waals surface area contributed by atoms with Crippen LogP contribution >= 0.6 is 7.82 Å². The summed E-state index contributed by atoms with van der Waals surface area (Å²) in [6, 6.07) is 20.4. The monoisotopic (exact) mass is 538 g/mol. The fourth-order valence-electron chi connectivity index (χ4n) is 4.89. The minimum absolute atomic E-state index is 0.257. The second-order valence-electron chi connectivity index (χ2n) is 9.54. The highest BCUT2D eigenvalue weighted by atomic mass is 31.2. The highest BCUT2D eigenvalue weighted by molar-refractivity contribution is 7.48. The van der Waals surface area contributed by atoms with Crippen molar-refractivity contribution < 1.29 is 33.1 Å². The van der Waals surface area contributed by atoms with Gasteiger partial charge in [0.15, 0.2) is 6.23 Å². The van der Waals surface area contributed by atoms with Crippen molar-refractivity contribution in [3.63, 3.8) is 0 Å². The first kappa shape index (κ1) is 25.1. The molecule has 2 aromatic carbocycles. The van der Waals surface area contributed by atoms with E-state index in [9.17, 15) is 14.8 Å². The number of aliphatic hydroxyl groups excluding tert-OH is 1. The molecule has 38 heavy (non-hydrogen) atoms. The summed E-state index contributed by atoms with van der Waals surface area (Å²) in [7, 11) is -4.31. The van der Waals surface area contributed by atoms with Crippen LogP contribution in [-0.2, 0) is 22.9 Å². The van der Waals surface area contributed by atoms with Gasteiger partial charge in [-0.05, 0) is 24.1 Å². The zero-order valence-corrected chi connectivity index (χ0v) is 21.3. The number of nitrogen functional groups attached to an aromatic ring is 1. The summed E-state index contributed by atoms with van der Waals surface area (Å²) in [5, 5.41) is 22.8. The number of benzene rings is 2. The molecule has 0 amide bonds. The minimum atomic E-state index is -4.31. The van der Waals surface area contributed by atoms with Crippen LogP contribution in [0.4, 0.5) is 5.82 Å². The van der Waals surface area contributed by atoms with Gasteiger partial charge in [0.1, 0.15) is 29.5 Å². The van der Waals surface area contributed by atoms with E-state index in [2.05, 4.69) is 9.97 Å². The standard InChI is InChI=1S/C26H27N4O7P/c1-26(32)21(31)24(34-25(26)30-13-12-18-22(27)28-15-29-23(18)30)37-38(33)35-19(16-8-4-2-5-9-16)14-20(36-38)17-10-6-3-7-11-17/h2-13,15,19-21,24-25,31-32H,14H2,1H3,(H2,27,28,29)/t19-,20+,21-,24?,25-,26-,38-/m1/s1. The number of aromatic nitrogens is 3. The molecule has 0 aliphatic carbocycles. The van der Waals surface area contributed by atoms with Gasteiger partial charge in [0, 0.05) is 12.6 Å². The molecule has 4 heterocycles. The number of ether oxygens (including phenoxy) is 1. The minimum Gasteiger partial charge on any atom is -0.385 e. The third-order valence-corrected chi connectivity index (χ3v) is 8.42. The number of phosphoric ester groups is 1. The Balaban J connectivity index is 1.30. The summed E-state index contributed by atoms with van der Waals surface area (Å²) in [6.07, 6.45) is -2.22. The van der Waals surface area contributed by atoms with Gasteiger partial charge in [-0.3, -0.25) is 13.6 Å². The van der Waals surface area contributed by atoms with E-state index in [1.165, 1.54) is 17.8 Å². The topological polar surface area (TPSA) is 151 Å². The zero-order chi connectivity index (χ0) is 26.5. The van der Waals surface area contributed by atoms with Crippen LogP contribution < -0.4 is 5.73 Å². The van der Waals surface area contributed by atoms with Crippen molar-refractivity contribution in [3.05, 3.63) is 90.4 Å². The normalized spacial score (nSPS) is 33.5. The van der Waals surface area contributed by atoms with Crippen molar-refractivity contribution in [2.24, 2.45) is 0 Å². The number of fused-ring (bicyclic) bond motifs is 1. The summed E-state index contributed by atoms with van der Waals surface area (Å²) >= 11 is 0. The Morgan fingerprint density at radius 3 is 2.24 bits per heavy atom. The Morgan fingerprint density at radius 2 is 1.63 bits per heavy atom. The molecule has 198 valence electrons. The lowest BCUT2D eigenvalue weighted by molar-refractivity contribution is -0.149. The van der Waals surface area contributed by atoms with Crippen molar-refractivity contribution >= 4 is 24.7 Å². The molecule has 2 aliphatic rings. The molecule has 1 unspecified atom stereocenters. The second kappa shape index (κ2) is 9.55. The first-order valence-electron chi connectivity index (χ1n) is 12.1. The predicted molar refractivity (Wildman–Crippen MR) is 136 cm³/mol. The van der Waals surface area contributed by atoms with Crippen molar-refractivity contribution in [3.8, 4) is 0 Å². The molecule has 0 saturated carbocycles. The van der Waals surface area contributed by atoms with Gasteiger partial charge in [-0.1, -0.05) is 60.7 Å². The zero-order valence-electron chi connectivity index (χ0n) is 20.4. The van der Waals surface area contributed by atoms with Crippen molar-refractivity contribution in [2.45, 2.75) is 49.8 Å². The van der Waals surface area contributed by atoms with Gasteiger partial charge in [-0.2, -0.15) is 0 Å². The first-order chi connectivity index (χ1) is 18.2. The van der Waals surface area contributed by atoms with Crippen molar-refractivity contribution in [1.82, 2.24) is 14.5 Å². The molecule has 2 aromatic heterocycles. The molecule has 0 radical (unpaired) electrons. The molecular formula is C26H27N4O7P. The molecule has 4 N–H and O–H groups in total. The molecule has 2 saturated heterocycles. The second-order valence-corrected chi connectivity index (χ2v) is 11.1. The molecule has 6 rings (SSSR count). The van der Waals surface area contributed by atoms with E-state index in [4.69, 9.17) is 24.0 Å². The fraction of sp³-hybridized carbons (Fsp3) is 0.308. The van der Waals surface area contributed by atoms with Crippen molar-refractivity contribution in [1.29, 1.82) is 0 Å². The summed E-state index contributed by atoms with van der Waals surface area (Å²) in [5.74, 6) is 0.257. The first-order valence-corrected chi connectivity index (χ1v) is 13.6. The van der Waals surface area contributed by atoms with Crippen LogP contribution in [0.2, 0.25) is 0 Å². The van der Waals surface area contributed by atoms with E-state index in [1.54, 1.807) is 12.3 Å². The van der Waals surface area contributed by atoms with Gasteiger partial charge in [0.25, 0.3) is 0 Å². The lowest BCUT2D eigenvalue weighted by Crippen LogP contribution is -2.44. The van der Waals surface area contributed by atoms with Crippen molar-refractivity contribution in [2.75, 3.05) is 5.73 Å². The number of rotatable bonds is 5. The van der Waals surface area contributed by atoms with E-state index in [0.717, 1.165) is 11.1 Å². The van der Waals surface area contributed by atoms with Crippen LogP contribution in [0.1, 0.15) is 42.9 Å². The lowest BCUT2D eigenvalue weighted by Gasteiger charge is -2.35. The Labute approximate surface area is 218 Å². The smallest absolute Gasteiger partial charge is 0.385 e. The molecule has 2 fully saturated rings. The molecule has 7 atom stereocenters. The highest BCUT2D eigenvalue weighted by Crippen LogP contribution is 2.63. The van der Waals surface area contributed by atoms with Gasteiger partial charge >= 0.3 is 7.82 Å². The van der Waals surface area contributed by atoms with Gasteiger partial charge < -0.3 is 25.3 Å². The molecule has 2 aliphatic heterocycles. The maximum Gasteiger partial charge on any atom is 0.478 e. The lowest BCUT2D eigenvalue weighted by atomic mass is 9.99. The van der Waals surface area contributed by atoms with Crippen LogP contribution in [0.5, 0.6) is 0 Å². The molecule has 0 spiro atoms. The SMILES string of the molecule is C[C@@]1(O)[C@H](O)C(O[P@@]2(=O)O[C@H](c3ccccc3)C[C@H](c3ccccc3)O2)O[C@H]1n1ccc2c(N)ncnc21. The summed E-state index contributed by atoms with van der Waals surface area (Å²) in [6.45, 7) is 1.39. The number of nitrogens with two attached hydrogens (primary N) is 1. The molecule has 11 nitrogen and oxygen atoms in total. The van der Waals surface area contributed by atoms with Crippen LogP contribution in [0.25, 0.3) is 11.0 Å². The van der Waals surface area contributed by atoms with Gasteiger partial charge in [0.2, 0.25) is 6.29 Å². The van der Waals surface area contributed by atoms with Crippen LogP contribution in [0.15, 0.2) is 79.3 Å². The van der Waals surface area contributed by atoms with E-state index < -0.39 is 44.3 Å². The highest BCUT2D eigenvalue weighted by Gasteiger charge is 2.57. The Bertz CT molecular complexity index is 1430. The Hall–Kier alpha value is -3.15. The Morgan fingerprint density at radius 1 is 1.03 bits per heavy atom. The number of aliphatic hydroxyl groups is 2. The van der Waals surface area contributed by atoms with Crippen LogP contribution in [0, 0.1) is 0 Å². The molecule has 0 bridgehead atoms. The molecular weight excluding hydrogens is 511 g/mol. The number of phosphoric acid groups is 1. The van der Waals surface area contributed by atoms with E-state index in [1.807, 2.05) is 60.7 Å². The predicted octanol–water partition coefficient (Wildman–Crippen LogP) is 4.02. The van der Waals surface area contributed by atoms with E-state index in [0.29, 0.717) is 17.5 Å². The van der Waals surface area contributed by atoms with Gasteiger partial charge in [0.05, 0.1) is 17.6 Å².